The second kappa shape index (κ2) is 5.93. The third-order valence-corrected chi connectivity index (χ3v) is 6.03. The van der Waals surface area contributed by atoms with Crippen molar-refractivity contribution < 1.29 is 19.2 Å². The Kier molecular flexibility index (Phi) is 3.85. The van der Waals surface area contributed by atoms with Crippen LogP contribution < -0.4 is 0 Å². The van der Waals surface area contributed by atoms with Crippen LogP contribution in [0.2, 0.25) is 0 Å². The number of nitrogens with zero attached hydrogens (tertiary/aromatic N) is 2. The monoisotopic (exact) mass is 342 g/mol. The van der Waals surface area contributed by atoms with Gasteiger partial charge in [0.15, 0.2) is 0 Å². The van der Waals surface area contributed by atoms with Gasteiger partial charge in [0.1, 0.15) is 0 Å². The van der Waals surface area contributed by atoms with Crippen LogP contribution in [-0.2, 0) is 19.2 Å². The predicted molar refractivity (Wildman–Crippen MR) is 88.7 cm³/mol. The highest BCUT2D eigenvalue weighted by Crippen LogP contribution is 2.38. The molecule has 0 aromatic heterocycles. The van der Waals surface area contributed by atoms with E-state index in [2.05, 4.69) is 0 Å². The zero-order chi connectivity index (χ0) is 17.7. The molecule has 4 aliphatic rings. The third kappa shape index (κ3) is 2.38. The summed E-state index contributed by atoms with van der Waals surface area (Å²) in [6.45, 7) is 1.86. The van der Waals surface area contributed by atoms with Crippen molar-refractivity contribution in [3.63, 3.8) is 0 Å². The van der Waals surface area contributed by atoms with Gasteiger partial charge in [-0.3, -0.25) is 29.0 Å². The van der Waals surface area contributed by atoms with Crippen LogP contribution in [0.4, 0.5) is 0 Å². The number of amides is 4. The normalized spacial score (nSPS) is 35.4. The topological polar surface area (TPSA) is 74.8 Å². The van der Waals surface area contributed by atoms with E-state index in [9.17, 15) is 19.2 Å². The third-order valence-electron chi connectivity index (χ3n) is 6.03. The minimum absolute atomic E-state index is 0.106. The lowest BCUT2D eigenvalue weighted by molar-refractivity contribution is -0.147. The Hall–Kier alpha value is -2.24. The molecular formula is C19H22N2O4. The van der Waals surface area contributed by atoms with Crippen LogP contribution in [0.25, 0.3) is 0 Å². The molecule has 2 heterocycles. The van der Waals surface area contributed by atoms with Gasteiger partial charge in [0.25, 0.3) is 0 Å². The van der Waals surface area contributed by atoms with E-state index in [1.807, 2.05) is 24.3 Å². The van der Waals surface area contributed by atoms with E-state index in [1.54, 1.807) is 6.92 Å². The number of carbonyl (C=O) groups is 4. The van der Waals surface area contributed by atoms with Crippen molar-refractivity contribution in [3.8, 4) is 0 Å². The zero-order valence-corrected chi connectivity index (χ0v) is 14.3. The van der Waals surface area contributed by atoms with Gasteiger partial charge in [0.05, 0.1) is 29.7 Å². The number of rotatable bonds is 3. The molecule has 0 radical (unpaired) electrons. The lowest BCUT2D eigenvalue weighted by atomic mass is 9.85. The Bertz CT molecular complexity index is 658. The van der Waals surface area contributed by atoms with Crippen LogP contribution in [0.3, 0.4) is 0 Å². The van der Waals surface area contributed by atoms with Crippen LogP contribution in [-0.4, -0.2) is 46.0 Å². The summed E-state index contributed by atoms with van der Waals surface area (Å²) in [5.41, 5.74) is 0. The fraction of sp³-hybridized carbons (Fsp3) is 0.579. The molecular weight excluding hydrogens is 320 g/mol. The Balaban J connectivity index is 1.50. The summed E-state index contributed by atoms with van der Waals surface area (Å²) >= 11 is 0. The first-order valence-corrected chi connectivity index (χ1v) is 9.02. The molecule has 5 unspecified atom stereocenters. The number of allylic oxidation sites excluding steroid dienone is 4. The highest BCUT2D eigenvalue weighted by atomic mass is 16.2. The lowest BCUT2D eigenvalue weighted by Gasteiger charge is -2.27. The van der Waals surface area contributed by atoms with Crippen molar-refractivity contribution in [2.24, 2.45) is 23.7 Å². The van der Waals surface area contributed by atoms with E-state index in [0.717, 1.165) is 0 Å². The first-order chi connectivity index (χ1) is 12.0. The fourth-order valence-corrected chi connectivity index (χ4v) is 4.66. The Morgan fingerprint density at radius 1 is 0.760 bits per heavy atom. The maximum atomic E-state index is 12.7. The van der Waals surface area contributed by atoms with Crippen LogP contribution >= 0.6 is 0 Å². The van der Waals surface area contributed by atoms with E-state index in [1.165, 1.54) is 9.80 Å². The molecule has 6 heteroatoms. The zero-order valence-electron chi connectivity index (χ0n) is 14.3. The molecule has 0 N–H and O–H groups in total. The lowest BCUT2D eigenvalue weighted by Crippen LogP contribution is -2.47. The maximum absolute atomic E-state index is 12.7. The molecule has 0 saturated carbocycles. The van der Waals surface area contributed by atoms with E-state index in [4.69, 9.17) is 0 Å². The summed E-state index contributed by atoms with van der Waals surface area (Å²) in [5, 5.41) is 0. The number of hydrogen-bond acceptors (Lipinski definition) is 4. The fourth-order valence-electron chi connectivity index (χ4n) is 4.66. The summed E-state index contributed by atoms with van der Waals surface area (Å²) in [7, 11) is 0. The summed E-state index contributed by atoms with van der Waals surface area (Å²) in [6.07, 6.45) is 10.2. The van der Waals surface area contributed by atoms with Crippen LogP contribution in [0, 0.1) is 23.7 Å². The molecule has 6 nitrogen and oxygen atoms in total. The largest absolute Gasteiger partial charge is 0.280 e. The van der Waals surface area contributed by atoms with E-state index in [-0.39, 0.29) is 53.8 Å². The maximum Gasteiger partial charge on any atom is 0.233 e. The second-order valence-electron chi connectivity index (χ2n) is 7.49. The predicted octanol–water partition coefficient (Wildman–Crippen LogP) is 1.28. The molecule has 4 amide bonds. The summed E-state index contributed by atoms with van der Waals surface area (Å²) in [6, 6.07) is -0.480. The summed E-state index contributed by atoms with van der Waals surface area (Å²) < 4.78 is 0. The molecule has 25 heavy (non-hydrogen) atoms. The van der Waals surface area contributed by atoms with Crippen molar-refractivity contribution in [1.29, 1.82) is 0 Å². The van der Waals surface area contributed by atoms with Gasteiger partial charge in [-0.2, -0.15) is 0 Å². The first-order valence-electron chi connectivity index (χ1n) is 9.02. The standard InChI is InChI=1S/C19H22N2O4/c1-11(21-18(24)14-8-4-5-9-15(14)19(21)25)10-20-16(22)12-6-2-3-7-13(12)17(20)23/h2-5,11-15H,6-10H2,1H3. The summed E-state index contributed by atoms with van der Waals surface area (Å²) in [5.74, 6) is -1.76. The highest BCUT2D eigenvalue weighted by molar-refractivity contribution is 6.07. The van der Waals surface area contributed by atoms with Crippen molar-refractivity contribution in [3.05, 3.63) is 24.3 Å². The minimum atomic E-state index is -0.480. The van der Waals surface area contributed by atoms with Crippen LogP contribution in [0.1, 0.15) is 32.6 Å². The molecule has 2 aliphatic heterocycles. The smallest absolute Gasteiger partial charge is 0.233 e. The van der Waals surface area contributed by atoms with Gasteiger partial charge in [-0.15, -0.1) is 0 Å². The van der Waals surface area contributed by atoms with E-state index >= 15 is 0 Å². The molecule has 0 spiro atoms. The molecule has 5 atom stereocenters. The Morgan fingerprint density at radius 3 is 1.52 bits per heavy atom. The molecule has 0 bridgehead atoms. The number of likely N-dealkylation sites (tertiary alicyclic amines) is 2. The van der Waals surface area contributed by atoms with E-state index in [0.29, 0.717) is 25.7 Å². The van der Waals surface area contributed by atoms with Gasteiger partial charge >= 0.3 is 0 Å². The van der Waals surface area contributed by atoms with E-state index < -0.39 is 6.04 Å². The molecule has 132 valence electrons. The van der Waals surface area contributed by atoms with Gasteiger partial charge in [0, 0.05) is 6.54 Å². The minimum Gasteiger partial charge on any atom is -0.280 e. The van der Waals surface area contributed by atoms with Gasteiger partial charge < -0.3 is 0 Å². The molecule has 2 fully saturated rings. The molecule has 2 saturated heterocycles. The van der Waals surface area contributed by atoms with Crippen molar-refractivity contribution >= 4 is 23.6 Å². The van der Waals surface area contributed by atoms with Crippen molar-refractivity contribution in [2.75, 3.05) is 6.54 Å². The number of fused-ring (bicyclic) bond motifs is 2. The molecule has 0 aromatic carbocycles. The Labute approximate surface area is 146 Å². The van der Waals surface area contributed by atoms with Gasteiger partial charge in [0.2, 0.25) is 23.6 Å². The highest BCUT2D eigenvalue weighted by Gasteiger charge is 2.51. The number of carbonyl (C=O) groups excluding carboxylic acids is 4. The average molecular weight is 342 g/mol. The Morgan fingerprint density at radius 2 is 1.12 bits per heavy atom. The molecule has 0 aromatic rings. The molecule has 2 aliphatic carbocycles. The first kappa shape index (κ1) is 16.2. The van der Waals surface area contributed by atoms with Gasteiger partial charge in [-0.25, -0.2) is 0 Å². The molecule has 4 rings (SSSR count). The van der Waals surface area contributed by atoms with Crippen LogP contribution in [0.5, 0.6) is 0 Å². The van der Waals surface area contributed by atoms with Crippen LogP contribution in [0.15, 0.2) is 24.3 Å². The number of imide groups is 2. The SMILES string of the molecule is CC(CN1C(=O)C2CC=CCC2C1=O)N1C(=O)C2CC=CCC2C1=O. The number of hydrogen-bond donors (Lipinski definition) is 0. The van der Waals surface area contributed by atoms with Gasteiger partial charge in [-0.05, 0) is 32.6 Å². The second-order valence-corrected chi connectivity index (χ2v) is 7.49. The van der Waals surface area contributed by atoms with Crippen molar-refractivity contribution in [2.45, 2.75) is 38.6 Å². The van der Waals surface area contributed by atoms with Gasteiger partial charge in [-0.1, -0.05) is 24.3 Å². The summed E-state index contributed by atoms with van der Waals surface area (Å²) in [4.78, 5) is 53.0. The van der Waals surface area contributed by atoms with Crippen molar-refractivity contribution in [1.82, 2.24) is 9.80 Å². The quantitative estimate of drug-likeness (QED) is 0.572. The average Bonchev–Trinajstić information content (AvgIpc) is 3.02.